The first-order valence-corrected chi connectivity index (χ1v) is 9.89. The number of rotatable bonds is 7. The number of piperazine rings is 1. The van der Waals surface area contributed by atoms with Crippen LogP contribution in [0.15, 0.2) is 18.2 Å². The van der Waals surface area contributed by atoms with Crippen LogP contribution >= 0.6 is 0 Å². The molecule has 1 aromatic rings. The number of nitrogens with two attached hydrogens (primary N) is 1. The Hall–Kier alpha value is -1.43. The number of nitrogens with one attached hydrogen (secondary N) is 1. The zero-order chi connectivity index (χ0) is 19.3. The van der Waals surface area contributed by atoms with Gasteiger partial charge in [-0.05, 0) is 42.5 Å². The molecule has 1 amide bonds. The van der Waals surface area contributed by atoms with E-state index in [2.05, 4.69) is 68.1 Å². The molecule has 0 bridgehead atoms. The molecule has 146 valence electrons. The van der Waals surface area contributed by atoms with Gasteiger partial charge in [0.05, 0.1) is 6.04 Å². The fraction of sp³-hybridized carbons (Fsp3) is 0.667. The van der Waals surface area contributed by atoms with E-state index in [4.69, 9.17) is 5.73 Å². The number of nitrogens with zero attached hydrogens (tertiary/aromatic N) is 2. The fourth-order valence-corrected chi connectivity index (χ4v) is 3.29. The lowest BCUT2D eigenvalue weighted by Crippen LogP contribution is -2.46. The molecule has 1 aliphatic heterocycles. The average molecular weight is 361 g/mol. The molecule has 5 heteroatoms. The topological polar surface area (TPSA) is 61.6 Å². The zero-order valence-corrected chi connectivity index (χ0v) is 17.1. The molecule has 0 aromatic heterocycles. The van der Waals surface area contributed by atoms with E-state index in [1.54, 1.807) is 0 Å². The Bertz CT molecular complexity index is 592. The second-order valence-corrected chi connectivity index (χ2v) is 8.19. The van der Waals surface area contributed by atoms with Gasteiger partial charge in [-0.2, -0.15) is 0 Å². The SMILES string of the molecule is CC(C)c1ccc(C(C)C)c(NC(=O)C(N)CCN2CCN(C)CC2)c1. The summed E-state index contributed by atoms with van der Waals surface area (Å²) >= 11 is 0. The van der Waals surface area contributed by atoms with Gasteiger partial charge in [0.15, 0.2) is 0 Å². The lowest BCUT2D eigenvalue weighted by atomic mass is 9.95. The molecule has 1 unspecified atom stereocenters. The quantitative estimate of drug-likeness (QED) is 0.785. The smallest absolute Gasteiger partial charge is 0.241 e. The number of anilines is 1. The van der Waals surface area contributed by atoms with Gasteiger partial charge in [0.25, 0.3) is 0 Å². The third-order valence-electron chi connectivity index (χ3n) is 5.31. The lowest BCUT2D eigenvalue weighted by molar-refractivity contribution is -0.117. The summed E-state index contributed by atoms with van der Waals surface area (Å²) in [5.74, 6) is 0.702. The summed E-state index contributed by atoms with van der Waals surface area (Å²) < 4.78 is 0. The van der Waals surface area contributed by atoms with Crippen LogP contribution in [0.1, 0.15) is 57.1 Å². The predicted molar refractivity (Wildman–Crippen MR) is 110 cm³/mol. The summed E-state index contributed by atoms with van der Waals surface area (Å²) in [4.78, 5) is 17.4. The molecule has 0 spiro atoms. The zero-order valence-electron chi connectivity index (χ0n) is 17.1. The number of hydrogen-bond acceptors (Lipinski definition) is 4. The normalized spacial score (nSPS) is 17.7. The van der Waals surface area contributed by atoms with Crippen LogP contribution in [0.2, 0.25) is 0 Å². The largest absolute Gasteiger partial charge is 0.324 e. The Labute approximate surface area is 158 Å². The van der Waals surface area contributed by atoms with E-state index < -0.39 is 6.04 Å². The van der Waals surface area contributed by atoms with E-state index in [1.807, 2.05) is 0 Å². The maximum Gasteiger partial charge on any atom is 0.241 e. The fourth-order valence-electron chi connectivity index (χ4n) is 3.29. The molecule has 0 radical (unpaired) electrons. The summed E-state index contributed by atoms with van der Waals surface area (Å²) in [5, 5.41) is 3.09. The molecule has 1 heterocycles. The van der Waals surface area contributed by atoms with Crippen LogP contribution in [0.3, 0.4) is 0 Å². The molecule has 1 aromatic carbocycles. The van der Waals surface area contributed by atoms with Crippen molar-refractivity contribution in [3.63, 3.8) is 0 Å². The summed E-state index contributed by atoms with van der Waals surface area (Å²) in [6, 6.07) is 5.91. The first-order valence-electron chi connectivity index (χ1n) is 9.89. The highest BCUT2D eigenvalue weighted by Crippen LogP contribution is 2.28. The van der Waals surface area contributed by atoms with Crippen molar-refractivity contribution in [2.75, 3.05) is 45.1 Å². The van der Waals surface area contributed by atoms with Crippen LogP contribution < -0.4 is 11.1 Å². The van der Waals surface area contributed by atoms with Gasteiger partial charge in [0.2, 0.25) is 5.91 Å². The van der Waals surface area contributed by atoms with Gasteiger partial charge in [-0.15, -0.1) is 0 Å². The molecule has 0 aliphatic carbocycles. The van der Waals surface area contributed by atoms with Crippen LogP contribution in [0.5, 0.6) is 0 Å². The molecular weight excluding hydrogens is 324 g/mol. The van der Waals surface area contributed by atoms with Gasteiger partial charge in [0, 0.05) is 38.4 Å². The number of amides is 1. The van der Waals surface area contributed by atoms with Crippen LogP contribution in [0.4, 0.5) is 5.69 Å². The standard InChI is InChI=1S/C21H36N4O/c1-15(2)17-6-7-18(16(3)4)20(14-17)23-21(26)19(22)8-9-25-12-10-24(5)11-13-25/h6-7,14-16,19H,8-13,22H2,1-5H3,(H,23,26). The van der Waals surface area contributed by atoms with E-state index in [0.717, 1.165) is 44.0 Å². The monoisotopic (exact) mass is 360 g/mol. The number of likely N-dealkylation sites (N-methyl/N-ethyl adjacent to an activating group) is 1. The van der Waals surface area contributed by atoms with Crippen LogP contribution in [-0.2, 0) is 4.79 Å². The first-order chi connectivity index (χ1) is 12.3. The highest BCUT2D eigenvalue weighted by atomic mass is 16.2. The van der Waals surface area contributed by atoms with Crippen molar-refractivity contribution in [2.45, 2.75) is 52.0 Å². The summed E-state index contributed by atoms with van der Waals surface area (Å²) in [6.45, 7) is 13.8. The predicted octanol–water partition coefficient (Wildman–Crippen LogP) is 2.84. The minimum Gasteiger partial charge on any atom is -0.324 e. The summed E-state index contributed by atoms with van der Waals surface area (Å²) in [7, 11) is 2.15. The van der Waals surface area contributed by atoms with Gasteiger partial charge in [-0.25, -0.2) is 0 Å². The first kappa shape index (κ1) is 20.9. The number of benzene rings is 1. The Kier molecular flexibility index (Phi) is 7.62. The van der Waals surface area contributed by atoms with E-state index in [-0.39, 0.29) is 5.91 Å². The maximum absolute atomic E-state index is 12.6. The van der Waals surface area contributed by atoms with Crippen molar-refractivity contribution in [2.24, 2.45) is 5.73 Å². The van der Waals surface area contributed by atoms with E-state index >= 15 is 0 Å². The Morgan fingerprint density at radius 2 is 1.77 bits per heavy atom. The van der Waals surface area contributed by atoms with Gasteiger partial charge in [0.1, 0.15) is 0 Å². The van der Waals surface area contributed by atoms with Crippen molar-refractivity contribution >= 4 is 11.6 Å². The Morgan fingerprint density at radius 3 is 2.35 bits per heavy atom. The van der Waals surface area contributed by atoms with E-state index in [1.165, 1.54) is 5.56 Å². The van der Waals surface area contributed by atoms with Crippen LogP contribution in [0.25, 0.3) is 0 Å². The minimum absolute atomic E-state index is 0.0815. The van der Waals surface area contributed by atoms with Gasteiger partial charge in [-0.3, -0.25) is 4.79 Å². The lowest BCUT2D eigenvalue weighted by Gasteiger charge is -2.32. The maximum atomic E-state index is 12.6. The van der Waals surface area contributed by atoms with Crippen molar-refractivity contribution in [1.29, 1.82) is 0 Å². The second-order valence-electron chi connectivity index (χ2n) is 8.19. The molecule has 1 fully saturated rings. The Balaban J connectivity index is 1.96. The second kappa shape index (κ2) is 9.49. The molecule has 1 atom stereocenters. The molecule has 5 nitrogen and oxygen atoms in total. The third kappa shape index (κ3) is 5.79. The van der Waals surface area contributed by atoms with Gasteiger partial charge >= 0.3 is 0 Å². The average Bonchev–Trinajstić information content (AvgIpc) is 2.60. The highest BCUT2D eigenvalue weighted by Gasteiger charge is 2.19. The van der Waals surface area contributed by atoms with Crippen LogP contribution in [0, 0.1) is 0 Å². The van der Waals surface area contributed by atoms with Gasteiger partial charge in [-0.1, -0.05) is 39.8 Å². The number of hydrogen-bond donors (Lipinski definition) is 2. The van der Waals surface area contributed by atoms with Crippen LogP contribution in [-0.4, -0.2) is 61.5 Å². The van der Waals surface area contributed by atoms with Crippen molar-refractivity contribution in [3.8, 4) is 0 Å². The highest BCUT2D eigenvalue weighted by molar-refractivity contribution is 5.95. The minimum atomic E-state index is -0.475. The van der Waals surface area contributed by atoms with E-state index in [9.17, 15) is 4.79 Å². The molecule has 26 heavy (non-hydrogen) atoms. The molecule has 1 aliphatic rings. The molecule has 3 N–H and O–H groups in total. The van der Waals surface area contributed by atoms with Crippen molar-refractivity contribution < 1.29 is 4.79 Å². The van der Waals surface area contributed by atoms with Crippen molar-refractivity contribution in [3.05, 3.63) is 29.3 Å². The summed E-state index contributed by atoms with van der Waals surface area (Å²) in [6.07, 6.45) is 0.691. The summed E-state index contributed by atoms with van der Waals surface area (Å²) in [5.41, 5.74) is 9.49. The molecular formula is C21H36N4O. The van der Waals surface area contributed by atoms with E-state index in [0.29, 0.717) is 18.3 Å². The molecule has 0 saturated carbocycles. The number of carbonyl (C=O) groups is 1. The van der Waals surface area contributed by atoms with Crippen molar-refractivity contribution in [1.82, 2.24) is 9.80 Å². The number of carbonyl (C=O) groups excluding carboxylic acids is 1. The van der Waals surface area contributed by atoms with Gasteiger partial charge < -0.3 is 20.9 Å². The molecule has 1 saturated heterocycles. The molecule has 2 rings (SSSR count). The Morgan fingerprint density at radius 1 is 1.12 bits per heavy atom. The third-order valence-corrected chi connectivity index (χ3v) is 5.31.